The Hall–Kier alpha value is -1.18. The highest BCUT2D eigenvalue weighted by Gasteiger charge is 2.23. The van der Waals surface area contributed by atoms with Crippen LogP contribution in [0.3, 0.4) is 0 Å². The normalized spacial score (nSPS) is 10.9. The van der Waals surface area contributed by atoms with Gasteiger partial charge in [0.05, 0.1) is 36.0 Å². The summed E-state index contributed by atoms with van der Waals surface area (Å²) in [5, 5.41) is 0. The first-order valence-electron chi connectivity index (χ1n) is 5.99. The van der Waals surface area contributed by atoms with E-state index in [9.17, 15) is 0 Å². The molecule has 7 heteroatoms. The Labute approximate surface area is 142 Å². The number of methoxy groups -OCH3 is 2. The first-order valence-corrected chi connectivity index (χ1v) is 8.30. The molecule has 0 radical (unpaired) electrons. The third kappa shape index (κ3) is 2.43. The molecule has 1 aromatic heterocycles. The molecule has 0 aliphatic rings. The van der Waals surface area contributed by atoms with E-state index in [1.165, 1.54) is 11.7 Å². The molecule has 1 heterocycles. The van der Waals surface area contributed by atoms with Crippen LogP contribution in [0.2, 0.25) is 0 Å². The van der Waals surface area contributed by atoms with Crippen molar-refractivity contribution in [1.29, 1.82) is 0 Å². The zero-order valence-electron chi connectivity index (χ0n) is 11.2. The summed E-state index contributed by atoms with van der Waals surface area (Å²) < 4.78 is 21.6. The van der Waals surface area contributed by atoms with E-state index in [1.54, 1.807) is 14.2 Å². The summed E-state index contributed by atoms with van der Waals surface area (Å²) >= 11 is 8.14. The van der Waals surface area contributed by atoms with E-state index in [4.69, 9.17) is 9.47 Å². The van der Waals surface area contributed by atoms with Crippen LogP contribution in [0.1, 0.15) is 0 Å². The minimum absolute atomic E-state index is 0.621. The Morgan fingerprint density at radius 2 is 1.52 bits per heavy atom. The SMILES string of the molecule is COc1c(OC)c(-c2ccc(Br)cc2)c2nsnc2c1Br. The lowest BCUT2D eigenvalue weighted by atomic mass is 10.0. The molecule has 3 rings (SSSR count). The molecule has 108 valence electrons. The van der Waals surface area contributed by atoms with Gasteiger partial charge in [-0.05, 0) is 33.6 Å². The smallest absolute Gasteiger partial charge is 0.177 e. The first-order chi connectivity index (χ1) is 10.2. The number of rotatable bonds is 3. The van der Waals surface area contributed by atoms with Crippen LogP contribution < -0.4 is 9.47 Å². The predicted molar refractivity (Wildman–Crippen MR) is 91.4 cm³/mol. The van der Waals surface area contributed by atoms with Gasteiger partial charge in [0, 0.05) is 4.47 Å². The molecule has 0 bridgehead atoms. The van der Waals surface area contributed by atoms with Crippen molar-refractivity contribution < 1.29 is 9.47 Å². The molecular weight excluding hydrogens is 420 g/mol. The third-order valence-corrected chi connectivity index (χ3v) is 4.90. The molecule has 0 atom stereocenters. The van der Waals surface area contributed by atoms with E-state index in [0.717, 1.165) is 31.1 Å². The molecule has 0 unspecified atom stereocenters. The van der Waals surface area contributed by atoms with Gasteiger partial charge in [0.1, 0.15) is 11.0 Å². The van der Waals surface area contributed by atoms with Gasteiger partial charge in [0.15, 0.2) is 11.5 Å². The van der Waals surface area contributed by atoms with Crippen LogP contribution in [0.15, 0.2) is 33.2 Å². The number of ether oxygens (including phenoxy) is 2. The lowest BCUT2D eigenvalue weighted by Gasteiger charge is -2.15. The summed E-state index contributed by atoms with van der Waals surface area (Å²) in [4.78, 5) is 0. The first kappa shape index (κ1) is 14.7. The van der Waals surface area contributed by atoms with Crippen LogP contribution in [0.4, 0.5) is 0 Å². The average Bonchev–Trinajstić information content (AvgIpc) is 2.97. The van der Waals surface area contributed by atoms with Crippen LogP contribution in [0.5, 0.6) is 11.5 Å². The molecular formula is C14H10Br2N2O2S. The van der Waals surface area contributed by atoms with E-state index >= 15 is 0 Å². The van der Waals surface area contributed by atoms with Crippen LogP contribution in [-0.4, -0.2) is 23.0 Å². The largest absolute Gasteiger partial charge is 0.492 e. The van der Waals surface area contributed by atoms with Crippen LogP contribution in [-0.2, 0) is 0 Å². The quantitative estimate of drug-likeness (QED) is 0.593. The maximum Gasteiger partial charge on any atom is 0.177 e. The second-order valence-electron chi connectivity index (χ2n) is 4.22. The number of fused-ring (bicyclic) bond motifs is 1. The monoisotopic (exact) mass is 428 g/mol. The molecule has 0 aliphatic carbocycles. The summed E-state index contributed by atoms with van der Waals surface area (Å²) in [6.07, 6.45) is 0. The highest BCUT2D eigenvalue weighted by Crippen LogP contribution is 2.48. The topological polar surface area (TPSA) is 44.2 Å². The van der Waals surface area contributed by atoms with Gasteiger partial charge in [-0.1, -0.05) is 28.1 Å². The van der Waals surface area contributed by atoms with E-state index < -0.39 is 0 Å². The number of nitrogens with zero attached hydrogens (tertiary/aromatic N) is 2. The van der Waals surface area contributed by atoms with Crippen molar-refractivity contribution in [2.45, 2.75) is 0 Å². The highest BCUT2D eigenvalue weighted by atomic mass is 79.9. The van der Waals surface area contributed by atoms with Crippen LogP contribution >= 0.6 is 43.6 Å². The molecule has 0 saturated heterocycles. The molecule has 2 aromatic carbocycles. The van der Waals surface area contributed by atoms with Crippen molar-refractivity contribution in [1.82, 2.24) is 8.75 Å². The zero-order valence-corrected chi connectivity index (χ0v) is 15.2. The molecule has 0 fully saturated rings. The number of benzene rings is 2. The fourth-order valence-corrected chi connectivity index (χ4v) is 3.75. The van der Waals surface area contributed by atoms with Crippen molar-refractivity contribution in [2.75, 3.05) is 14.2 Å². The van der Waals surface area contributed by atoms with Crippen molar-refractivity contribution >= 4 is 54.6 Å². The predicted octanol–water partition coefficient (Wildman–Crippen LogP) is 4.90. The fraction of sp³-hybridized carbons (Fsp3) is 0.143. The Morgan fingerprint density at radius 3 is 2.14 bits per heavy atom. The zero-order chi connectivity index (χ0) is 15.0. The van der Waals surface area contributed by atoms with E-state index in [-0.39, 0.29) is 0 Å². The molecule has 4 nitrogen and oxygen atoms in total. The number of halogens is 2. The van der Waals surface area contributed by atoms with Gasteiger partial charge >= 0.3 is 0 Å². The van der Waals surface area contributed by atoms with Crippen molar-refractivity contribution in [3.05, 3.63) is 33.2 Å². The van der Waals surface area contributed by atoms with Crippen molar-refractivity contribution in [3.8, 4) is 22.6 Å². The molecule has 3 aromatic rings. The van der Waals surface area contributed by atoms with Gasteiger partial charge in [0.25, 0.3) is 0 Å². The number of hydrogen-bond donors (Lipinski definition) is 0. The Kier molecular flexibility index (Phi) is 4.14. The molecule has 0 amide bonds. The Balaban J connectivity index is 2.41. The second-order valence-corrected chi connectivity index (χ2v) is 6.46. The van der Waals surface area contributed by atoms with Gasteiger partial charge < -0.3 is 9.47 Å². The average molecular weight is 430 g/mol. The number of hydrogen-bond acceptors (Lipinski definition) is 5. The van der Waals surface area contributed by atoms with Crippen LogP contribution in [0, 0.1) is 0 Å². The van der Waals surface area contributed by atoms with Gasteiger partial charge in [-0.3, -0.25) is 0 Å². The Bertz CT molecular complexity index is 803. The highest BCUT2D eigenvalue weighted by molar-refractivity contribution is 9.11. The minimum Gasteiger partial charge on any atom is -0.492 e. The molecule has 21 heavy (non-hydrogen) atoms. The van der Waals surface area contributed by atoms with E-state index in [2.05, 4.69) is 40.6 Å². The maximum atomic E-state index is 5.58. The maximum absolute atomic E-state index is 5.58. The molecule has 0 saturated carbocycles. The second kappa shape index (κ2) is 5.90. The standard InChI is InChI=1S/C14H10Br2N2O2S/c1-19-13-9(7-3-5-8(15)6-4-7)11-12(18-21-17-11)10(16)14(13)20-2/h3-6H,1-2H3. The molecule has 0 aliphatic heterocycles. The van der Waals surface area contributed by atoms with Gasteiger partial charge in [-0.25, -0.2) is 0 Å². The fourth-order valence-electron chi connectivity index (χ4n) is 2.19. The Morgan fingerprint density at radius 1 is 0.905 bits per heavy atom. The summed E-state index contributed by atoms with van der Waals surface area (Å²) in [5.74, 6) is 1.27. The lowest BCUT2D eigenvalue weighted by Crippen LogP contribution is -1.96. The van der Waals surface area contributed by atoms with E-state index in [0.29, 0.717) is 11.5 Å². The van der Waals surface area contributed by atoms with E-state index in [1.807, 2.05) is 24.3 Å². The van der Waals surface area contributed by atoms with Gasteiger partial charge in [-0.2, -0.15) is 8.75 Å². The summed E-state index contributed by atoms with van der Waals surface area (Å²) in [5.41, 5.74) is 3.45. The summed E-state index contributed by atoms with van der Waals surface area (Å²) in [6, 6.07) is 7.98. The van der Waals surface area contributed by atoms with Gasteiger partial charge in [-0.15, -0.1) is 0 Å². The molecule has 0 N–H and O–H groups in total. The van der Waals surface area contributed by atoms with Crippen LogP contribution in [0.25, 0.3) is 22.2 Å². The third-order valence-electron chi connectivity index (χ3n) is 3.11. The lowest BCUT2D eigenvalue weighted by molar-refractivity contribution is 0.355. The van der Waals surface area contributed by atoms with Crippen molar-refractivity contribution in [2.24, 2.45) is 0 Å². The van der Waals surface area contributed by atoms with Gasteiger partial charge in [0.2, 0.25) is 0 Å². The number of aromatic nitrogens is 2. The molecule has 0 spiro atoms. The summed E-state index contributed by atoms with van der Waals surface area (Å²) in [6.45, 7) is 0. The van der Waals surface area contributed by atoms with Crippen molar-refractivity contribution in [3.63, 3.8) is 0 Å². The minimum atomic E-state index is 0.621. The summed E-state index contributed by atoms with van der Waals surface area (Å²) in [7, 11) is 3.23.